The molecule has 1 aliphatic heterocycles. The van der Waals surface area contributed by atoms with Crippen LogP contribution in [0, 0.1) is 5.92 Å². The normalized spacial score (nSPS) is 33.0. The van der Waals surface area contributed by atoms with Crippen molar-refractivity contribution in [3.8, 4) is 0 Å². The van der Waals surface area contributed by atoms with Gasteiger partial charge in [0.15, 0.2) is 0 Å². The van der Waals surface area contributed by atoms with E-state index in [-0.39, 0.29) is 0 Å². The second-order valence-corrected chi connectivity index (χ2v) is 4.00. The predicted octanol–water partition coefficient (Wildman–Crippen LogP) is 0.675. The van der Waals surface area contributed by atoms with Gasteiger partial charge in [-0.25, -0.2) is 0 Å². The minimum atomic E-state index is 0.379. The Labute approximate surface area is 63.4 Å². The Bertz CT molecular complexity index is 120. The standard InChI is InChI=1S/C8H18N2/c1-8(2)4-7(5-9)6-10(8)3/h7H,4-6,9H2,1-3H3. The van der Waals surface area contributed by atoms with Gasteiger partial charge in [-0.3, -0.25) is 0 Å². The van der Waals surface area contributed by atoms with Gasteiger partial charge in [-0.1, -0.05) is 0 Å². The van der Waals surface area contributed by atoms with Gasteiger partial charge in [0.25, 0.3) is 0 Å². The highest BCUT2D eigenvalue weighted by Crippen LogP contribution is 2.29. The van der Waals surface area contributed by atoms with Crippen LogP contribution < -0.4 is 5.73 Å². The van der Waals surface area contributed by atoms with Gasteiger partial charge >= 0.3 is 0 Å². The van der Waals surface area contributed by atoms with E-state index in [1.54, 1.807) is 0 Å². The van der Waals surface area contributed by atoms with E-state index >= 15 is 0 Å². The molecular weight excluding hydrogens is 124 g/mol. The molecule has 0 radical (unpaired) electrons. The van der Waals surface area contributed by atoms with Crippen LogP contribution in [0.2, 0.25) is 0 Å². The van der Waals surface area contributed by atoms with Crippen molar-refractivity contribution in [1.29, 1.82) is 0 Å². The molecule has 1 heterocycles. The summed E-state index contributed by atoms with van der Waals surface area (Å²) < 4.78 is 0. The molecule has 0 aromatic carbocycles. The highest BCUT2D eigenvalue weighted by atomic mass is 15.2. The fourth-order valence-electron chi connectivity index (χ4n) is 1.72. The van der Waals surface area contributed by atoms with Crippen molar-refractivity contribution in [3.05, 3.63) is 0 Å². The average molecular weight is 142 g/mol. The summed E-state index contributed by atoms with van der Waals surface area (Å²) in [6, 6.07) is 0. The van der Waals surface area contributed by atoms with Crippen LogP contribution in [-0.2, 0) is 0 Å². The molecule has 0 aliphatic carbocycles. The van der Waals surface area contributed by atoms with E-state index in [0.29, 0.717) is 5.54 Å². The summed E-state index contributed by atoms with van der Waals surface area (Å²) in [4.78, 5) is 2.39. The Morgan fingerprint density at radius 1 is 1.60 bits per heavy atom. The molecule has 1 aliphatic rings. The lowest BCUT2D eigenvalue weighted by Gasteiger charge is -2.26. The van der Waals surface area contributed by atoms with Gasteiger partial charge in [0.1, 0.15) is 0 Å². The molecule has 1 atom stereocenters. The van der Waals surface area contributed by atoms with Crippen LogP contribution in [0.1, 0.15) is 20.3 Å². The van der Waals surface area contributed by atoms with E-state index < -0.39 is 0 Å². The molecule has 1 rings (SSSR count). The molecule has 2 heteroatoms. The third kappa shape index (κ3) is 1.32. The maximum absolute atomic E-state index is 5.59. The van der Waals surface area contributed by atoms with Crippen molar-refractivity contribution in [3.63, 3.8) is 0 Å². The molecule has 60 valence electrons. The van der Waals surface area contributed by atoms with Crippen LogP contribution in [0.5, 0.6) is 0 Å². The third-order valence-corrected chi connectivity index (χ3v) is 2.69. The SMILES string of the molecule is CN1CC(CN)CC1(C)C. The van der Waals surface area contributed by atoms with Gasteiger partial charge < -0.3 is 10.6 Å². The predicted molar refractivity (Wildman–Crippen MR) is 43.9 cm³/mol. The minimum absolute atomic E-state index is 0.379. The molecule has 1 fully saturated rings. The number of likely N-dealkylation sites (tertiary alicyclic amines) is 1. The van der Waals surface area contributed by atoms with E-state index in [2.05, 4.69) is 25.8 Å². The zero-order valence-corrected chi connectivity index (χ0v) is 7.22. The lowest BCUT2D eigenvalue weighted by Crippen LogP contribution is -2.34. The van der Waals surface area contributed by atoms with Crippen LogP contribution in [0.4, 0.5) is 0 Å². The molecule has 0 aromatic rings. The summed E-state index contributed by atoms with van der Waals surface area (Å²) in [5.41, 5.74) is 5.97. The zero-order chi connectivity index (χ0) is 7.78. The van der Waals surface area contributed by atoms with Gasteiger partial charge in [0, 0.05) is 12.1 Å². The van der Waals surface area contributed by atoms with Gasteiger partial charge in [0.05, 0.1) is 0 Å². The smallest absolute Gasteiger partial charge is 0.0153 e. The van der Waals surface area contributed by atoms with E-state index in [1.807, 2.05) is 0 Å². The second-order valence-electron chi connectivity index (χ2n) is 4.00. The van der Waals surface area contributed by atoms with Crippen molar-refractivity contribution in [2.45, 2.75) is 25.8 Å². The fraction of sp³-hybridized carbons (Fsp3) is 1.00. The summed E-state index contributed by atoms with van der Waals surface area (Å²) in [7, 11) is 2.18. The number of nitrogens with zero attached hydrogens (tertiary/aromatic N) is 1. The molecule has 0 aromatic heterocycles. The Kier molecular flexibility index (Phi) is 2.02. The van der Waals surface area contributed by atoms with Gasteiger partial charge in [-0.15, -0.1) is 0 Å². The Morgan fingerprint density at radius 2 is 2.20 bits per heavy atom. The largest absolute Gasteiger partial charge is 0.330 e. The highest BCUT2D eigenvalue weighted by Gasteiger charge is 2.34. The third-order valence-electron chi connectivity index (χ3n) is 2.69. The molecule has 0 spiro atoms. The molecule has 0 saturated carbocycles. The fourth-order valence-corrected chi connectivity index (χ4v) is 1.72. The lowest BCUT2D eigenvalue weighted by molar-refractivity contribution is 0.218. The quantitative estimate of drug-likeness (QED) is 0.583. The van der Waals surface area contributed by atoms with Crippen LogP contribution in [-0.4, -0.2) is 30.6 Å². The Hall–Kier alpha value is -0.0800. The van der Waals surface area contributed by atoms with E-state index in [4.69, 9.17) is 5.73 Å². The van der Waals surface area contributed by atoms with Gasteiger partial charge in [-0.2, -0.15) is 0 Å². The maximum atomic E-state index is 5.59. The van der Waals surface area contributed by atoms with Crippen LogP contribution in [0.15, 0.2) is 0 Å². The van der Waals surface area contributed by atoms with Crippen molar-refractivity contribution in [2.75, 3.05) is 20.1 Å². The van der Waals surface area contributed by atoms with Crippen molar-refractivity contribution >= 4 is 0 Å². The zero-order valence-electron chi connectivity index (χ0n) is 7.22. The molecule has 2 nitrogen and oxygen atoms in total. The number of hydrogen-bond donors (Lipinski definition) is 1. The summed E-state index contributed by atoms with van der Waals surface area (Å²) in [6.07, 6.45) is 1.25. The summed E-state index contributed by atoms with van der Waals surface area (Å²) >= 11 is 0. The number of nitrogens with two attached hydrogens (primary N) is 1. The first-order chi connectivity index (χ1) is 4.56. The topological polar surface area (TPSA) is 29.3 Å². The summed E-state index contributed by atoms with van der Waals surface area (Å²) in [5, 5.41) is 0. The second kappa shape index (κ2) is 2.51. The molecular formula is C8H18N2. The molecule has 1 unspecified atom stereocenters. The van der Waals surface area contributed by atoms with Crippen LogP contribution in [0.3, 0.4) is 0 Å². The van der Waals surface area contributed by atoms with Crippen molar-refractivity contribution in [2.24, 2.45) is 11.7 Å². The van der Waals surface area contributed by atoms with Gasteiger partial charge in [0.2, 0.25) is 0 Å². The number of hydrogen-bond acceptors (Lipinski definition) is 2. The van der Waals surface area contributed by atoms with Crippen LogP contribution in [0.25, 0.3) is 0 Å². The van der Waals surface area contributed by atoms with E-state index in [9.17, 15) is 0 Å². The van der Waals surface area contributed by atoms with Crippen molar-refractivity contribution in [1.82, 2.24) is 4.90 Å². The molecule has 1 saturated heterocycles. The lowest BCUT2D eigenvalue weighted by atomic mass is 9.97. The molecule has 2 N–H and O–H groups in total. The average Bonchev–Trinajstić information content (AvgIpc) is 2.08. The molecule has 10 heavy (non-hydrogen) atoms. The minimum Gasteiger partial charge on any atom is -0.330 e. The maximum Gasteiger partial charge on any atom is 0.0153 e. The van der Waals surface area contributed by atoms with Gasteiger partial charge in [-0.05, 0) is 39.8 Å². The first-order valence-corrected chi connectivity index (χ1v) is 3.97. The first-order valence-electron chi connectivity index (χ1n) is 3.97. The van der Waals surface area contributed by atoms with Crippen LogP contribution >= 0.6 is 0 Å². The molecule has 0 amide bonds. The molecule has 0 bridgehead atoms. The van der Waals surface area contributed by atoms with E-state index in [0.717, 1.165) is 12.5 Å². The first kappa shape index (κ1) is 8.02. The summed E-state index contributed by atoms with van der Waals surface area (Å²) in [6.45, 7) is 6.57. The highest BCUT2D eigenvalue weighted by molar-refractivity contribution is 4.90. The monoisotopic (exact) mass is 142 g/mol. The Morgan fingerprint density at radius 3 is 2.40 bits per heavy atom. The van der Waals surface area contributed by atoms with E-state index in [1.165, 1.54) is 13.0 Å². The summed E-state index contributed by atoms with van der Waals surface area (Å²) in [5.74, 6) is 0.722. The van der Waals surface area contributed by atoms with Crippen molar-refractivity contribution < 1.29 is 0 Å². The number of rotatable bonds is 1. The Balaban J connectivity index is 2.53.